The summed E-state index contributed by atoms with van der Waals surface area (Å²) in [4.78, 5) is 27.8. The van der Waals surface area contributed by atoms with E-state index in [0.29, 0.717) is 44.1 Å². The molecule has 0 bridgehead atoms. The average Bonchev–Trinajstić information content (AvgIpc) is 3.66. The Morgan fingerprint density at radius 3 is 2.58 bits per heavy atom. The number of amides is 1. The molecule has 1 aliphatic heterocycles. The highest BCUT2D eigenvalue weighted by atomic mass is 32.2. The van der Waals surface area contributed by atoms with E-state index in [1.807, 2.05) is 30.3 Å². The number of rotatable bonds is 8. The van der Waals surface area contributed by atoms with Gasteiger partial charge >= 0.3 is 0 Å². The van der Waals surface area contributed by atoms with Crippen molar-refractivity contribution in [3.8, 4) is 11.4 Å². The minimum Gasteiger partial charge on any atom is -0.492 e. The number of hydrogen-bond acceptors (Lipinski definition) is 8. The third-order valence-corrected chi connectivity index (χ3v) is 8.84. The predicted molar refractivity (Wildman–Crippen MR) is 130 cm³/mol. The molecule has 1 unspecified atom stereocenters. The average molecular weight is 513 g/mol. The number of pyridine rings is 1. The van der Waals surface area contributed by atoms with Crippen molar-refractivity contribution in [1.82, 2.24) is 19.5 Å². The number of nitrogens with zero attached hydrogens (tertiary/aromatic N) is 3. The summed E-state index contributed by atoms with van der Waals surface area (Å²) < 4.78 is 35.1. The lowest BCUT2D eigenvalue weighted by molar-refractivity contribution is -0.325. The van der Waals surface area contributed by atoms with Crippen LogP contribution in [-0.4, -0.2) is 54.2 Å². The number of fused-ring (bicyclic) bond motifs is 1. The quantitative estimate of drug-likeness (QED) is 0.457. The molecule has 6 rings (SSSR count). The van der Waals surface area contributed by atoms with E-state index in [9.17, 15) is 13.2 Å². The van der Waals surface area contributed by atoms with E-state index in [1.165, 1.54) is 0 Å². The maximum absolute atomic E-state index is 13.1. The minimum atomic E-state index is -3.73. The summed E-state index contributed by atoms with van der Waals surface area (Å²) in [5.41, 5.74) is 2.14. The number of carbonyl (C=O) groups excluding carboxylic acids is 1. The second-order valence-corrected chi connectivity index (χ2v) is 11.7. The van der Waals surface area contributed by atoms with Crippen molar-refractivity contribution < 1.29 is 27.7 Å². The van der Waals surface area contributed by atoms with Crippen molar-refractivity contribution in [3.63, 3.8) is 0 Å². The van der Waals surface area contributed by atoms with Crippen LogP contribution in [0.2, 0.25) is 0 Å². The molecular formula is C25H28N4O6S. The third kappa shape index (κ3) is 4.58. The van der Waals surface area contributed by atoms with E-state index in [4.69, 9.17) is 19.6 Å². The maximum atomic E-state index is 13.1. The SMILES string of the molecule is O=C(NS(=O)(=O)C1CC1)c1cc(OCC2CCOOC2)c2c(C3CCC3)nn(-c3ccccc3)c2n1. The summed E-state index contributed by atoms with van der Waals surface area (Å²) in [5, 5.41) is 5.17. The van der Waals surface area contributed by atoms with Crippen LogP contribution in [0.15, 0.2) is 36.4 Å². The van der Waals surface area contributed by atoms with Crippen LogP contribution in [0, 0.1) is 5.92 Å². The zero-order chi connectivity index (χ0) is 24.7. The Bertz CT molecular complexity index is 1380. The molecule has 2 saturated carbocycles. The van der Waals surface area contributed by atoms with E-state index < -0.39 is 21.2 Å². The Balaban J connectivity index is 1.45. The summed E-state index contributed by atoms with van der Waals surface area (Å²) in [6.45, 7) is 1.27. The molecule has 3 heterocycles. The van der Waals surface area contributed by atoms with Crippen LogP contribution < -0.4 is 9.46 Å². The molecule has 1 aromatic carbocycles. The smallest absolute Gasteiger partial charge is 0.283 e. The third-order valence-electron chi connectivity index (χ3n) is 7.02. The molecule has 2 aliphatic carbocycles. The van der Waals surface area contributed by atoms with Crippen molar-refractivity contribution in [1.29, 1.82) is 0 Å². The second-order valence-electron chi connectivity index (χ2n) is 9.71. The first-order chi connectivity index (χ1) is 17.5. The monoisotopic (exact) mass is 512 g/mol. The van der Waals surface area contributed by atoms with Gasteiger partial charge in [-0.2, -0.15) is 5.10 Å². The van der Waals surface area contributed by atoms with Gasteiger partial charge in [-0.25, -0.2) is 32.6 Å². The van der Waals surface area contributed by atoms with E-state index in [-0.39, 0.29) is 17.5 Å². The summed E-state index contributed by atoms with van der Waals surface area (Å²) in [6, 6.07) is 11.1. The van der Waals surface area contributed by atoms with Crippen molar-refractivity contribution in [2.24, 2.45) is 5.92 Å². The zero-order valence-electron chi connectivity index (χ0n) is 19.8. The van der Waals surface area contributed by atoms with Crippen LogP contribution in [0.4, 0.5) is 0 Å². The van der Waals surface area contributed by atoms with Gasteiger partial charge in [0.25, 0.3) is 5.91 Å². The number of aromatic nitrogens is 3. The van der Waals surface area contributed by atoms with Crippen LogP contribution in [0.5, 0.6) is 5.75 Å². The fraction of sp³-hybridized carbons (Fsp3) is 0.480. The number of benzene rings is 1. The van der Waals surface area contributed by atoms with Gasteiger partial charge < -0.3 is 4.74 Å². The van der Waals surface area contributed by atoms with Gasteiger partial charge in [-0.05, 0) is 44.2 Å². The molecular weight excluding hydrogens is 484 g/mol. The van der Waals surface area contributed by atoms with Crippen LogP contribution in [0.1, 0.15) is 60.6 Å². The van der Waals surface area contributed by atoms with Gasteiger partial charge in [-0.15, -0.1) is 0 Å². The predicted octanol–water partition coefficient (Wildman–Crippen LogP) is 3.26. The van der Waals surface area contributed by atoms with E-state index in [2.05, 4.69) is 9.71 Å². The molecule has 0 spiro atoms. The lowest BCUT2D eigenvalue weighted by atomic mass is 9.82. The largest absolute Gasteiger partial charge is 0.492 e. The molecule has 2 aromatic heterocycles. The lowest BCUT2D eigenvalue weighted by Gasteiger charge is -2.24. The molecule has 1 amide bonds. The summed E-state index contributed by atoms with van der Waals surface area (Å²) in [7, 11) is -3.73. The Kier molecular flexibility index (Phi) is 6.14. The topological polar surface area (TPSA) is 122 Å². The standard InChI is InChI=1S/C25H28N4O6S/c30-25(28-36(31,32)19-9-10-19)20-13-21(33-14-16-11-12-34-35-15-16)22-23(17-5-4-6-17)27-29(24(22)26-20)18-7-2-1-3-8-18/h1-3,7-8,13,16-17,19H,4-6,9-12,14-15H2,(H,28,30). The Labute approximate surface area is 208 Å². The molecule has 1 N–H and O–H groups in total. The summed E-state index contributed by atoms with van der Waals surface area (Å²) >= 11 is 0. The zero-order valence-corrected chi connectivity index (χ0v) is 20.6. The van der Waals surface area contributed by atoms with Gasteiger partial charge in [0.15, 0.2) is 5.65 Å². The van der Waals surface area contributed by atoms with Gasteiger partial charge in [0, 0.05) is 17.9 Å². The highest BCUT2D eigenvalue weighted by molar-refractivity contribution is 7.91. The lowest BCUT2D eigenvalue weighted by Crippen LogP contribution is -2.33. The summed E-state index contributed by atoms with van der Waals surface area (Å²) in [6.07, 6.45) is 5.09. The van der Waals surface area contributed by atoms with Crippen LogP contribution in [0.3, 0.4) is 0 Å². The number of carbonyl (C=O) groups is 1. The van der Waals surface area contributed by atoms with Crippen molar-refractivity contribution in [2.75, 3.05) is 19.8 Å². The first-order valence-corrected chi connectivity index (χ1v) is 14.0. The van der Waals surface area contributed by atoms with Gasteiger partial charge in [-0.3, -0.25) is 4.79 Å². The Morgan fingerprint density at radius 2 is 1.92 bits per heavy atom. The number of nitrogens with one attached hydrogen (secondary N) is 1. The molecule has 11 heteroatoms. The van der Waals surface area contributed by atoms with Crippen molar-refractivity contribution >= 4 is 27.0 Å². The normalized spacial score (nSPS) is 20.7. The van der Waals surface area contributed by atoms with Crippen LogP contribution in [0.25, 0.3) is 16.7 Å². The summed E-state index contributed by atoms with van der Waals surface area (Å²) in [5.74, 6) is 0.118. The molecule has 3 aromatic rings. The van der Waals surface area contributed by atoms with Gasteiger partial charge in [0.05, 0.1) is 41.8 Å². The molecule has 10 nitrogen and oxygen atoms in total. The molecule has 190 valence electrons. The highest BCUT2D eigenvalue weighted by Gasteiger charge is 2.37. The van der Waals surface area contributed by atoms with Gasteiger partial charge in [0.2, 0.25) is 10.0 Å². The van der Waals surface area contributed by atoms with Crippen molar-refractivity contribution in [2.45, 2.75) is 49.7 Å². The first kappa shape index (κ1) is 23.4. The fourth-order valence-electron chi connectivity index (χ4n) is 4.54. The molecule has 3 aliphatic rings. The molecule has 1 saturated heterocycles. The second kappa shape index (κ2) is 9.45. The van der Waals surface area contributed by atoms with E-state index in [0.717, 1.165) is 42.5 Å². The van der Waals surface area contributed by atoms with Crippen LogP contribution >= 0.6 is 0 Å². The molecule has 36 heavy (non-hydrogen) atoms. The molecule has 0 radical (unpaired) electrons. The fourth-order valence-corrected chi connectivity index (χ4v) is 5.82. The maximum Gasteiger partial charge on any atom is 0.283 e. The van der Waals surface area contributed by atoms with Gasteiger partial charge in [-0.1, -0.05) is 24.6 Å². The minimum absolute atomic E-state index is 0.0257. The molecule has 1 atom stereocenters. The van der Waals surface area contributed by atoms with E-state index >= 15 is 0 Å². The first-order valence-electron chi connectivity index (χ1n) is 12.4. The Morgan fingerprint density at radius 1 is 1.11 bits per heavy atom. The number of hydrogen-bond donors (Lipinski definition) is 1. The van der Waals surface area contributed by atoms with E-state index in [1.54, 1.807) is 10.7 Å². The number of para-hydroxylation sites is 1. The van der Waals surface area contributed by atoms with Gasteiger partial charge in [0.1, 0.15) is 11.4 Å². The highest BCUT2D eigenvalue weighted by Crippen LogP contribution is 2.42. The number of ether oxygens (including phenoxy) is 1. The van der Waals surface area contributed by atoms with Crippen LogP contribution in [-0.2, 0) is 19.8 Å². The number of sulfonamides is 1. The molecule has 3 fully saturated rings. The Hall–Kier alpha value is -3.02. The van der Waals surface area contributed by atoms with Crippen molar-refractivity contribution in [3.05, 3.63) is 47.8 Å².